The maximum Gasteiger partial charge on any atom is 0.00640 e. The molecule has 1 N–H and O–H groups in total. The number of hydrogen-bond acceptors (Lipinski definition) is 1. The minimum Gasteiger partial charge on any atom is -0.317 e. The molecular formula is C30H61N. The first-order valence-electron chi connectivity index (χ1n) is 14.7. The summed E-state index contributed by atoms with van der Waals surface area (Å²) >= 11 is 0. The molecule has 0 saturated carbocycles. The summed E-state index contributed by atoms with van der Waals surface area (Å²) in [5.74, 6) is 0. The van der Waals surface area contributed by atoms with Crippen LogP contribution in [-0.2, 0) is 0 Å². The van der Waals surface area contributed by atoms with Crippen LogP contribution in [0.3, 0.4) is 0 Å². The SMILES string of the molecule is CCCCCCCCCCCC=CCCCCCCC(CCCCCCCCC)NC. The summed E-state index contributed by atoms with van der Waals surface area (Å²) in [4.78, 5) is 0. The van der Waals surface area contributed by atoms with Gasteiger partial charge in [0.25, 0.3) is 0 Å². The Labute approximate surface area is 198 Å². The Morgan fingerprint density at radius 3 is 1.13 bits per heavy atom. The predicted molar refractivity (Wildman–Crippen MR) is 144 cm³/mol. The fraction of sp³-hybridized carbons (Fsp3) is 0.933. The van der Waals surface area contributed by atoms with Gasteiger partial charge >= 0.3 is 0 Å². The van der Waals surface area contributed by atoms with Crippen LogP contribution in [0.15, 0.2) is 12.2 Å². The molecule has 0 radical (unpaired) electrons. The summed E-state index contributed by atoms with van der Waals surface area (Å²) in [5, 5.41) is 3.56. The van der Waals surface area contributed by atoms with E-state index in [0.717, 1.165) is 6.04 Å². The molecule has 0 fully saturated rings. The van der Waals surface area contributed by atoms with Gasteiger partial charge < -0.3 is 5.32 Å². The van der Waals surface area contributed by atoms with Gasteiger partial charge in [-0.3, -0.25) is 0 Å². The van der Waals surface area contributed by atoms with Crippen LogP contribution in [0, 0.1) is 0 Å². The van der Waals surface area contributed by atoms with Gasteiger partial charge in [-0.05, 0) is 45.6 Å². The second kappa shape index (κ2) is 27.7. The Bertz CT molecular complexity index is 335. The van der Waals surface area contributed by atoms with Gasteiger partial charge in [0.2, 0.25) is 0 Å². The van der Waals surface area contributed by atoms with E-state index in [-0.39, 0.29) is 0 Å². The van der Waals surface area contributed by atoms with E-state index in [0.29, 0.717) is 0 Å². The molecule has 0 aliphatic rings. The van der Waals surface area contributed by atoms with Crippen molar-refractivity contribution < 1.29 is 0 Å². The van der Waals surface area contributed by atoms with Crippen molar-refractivity contribution in [3.05, 3.63) is 12.2 Å². The number of unbranched alkanes of at least 4 members (excludes halogenated alkanes) is 19. The molecule has 0 amide bonds. The average Bonchev–Trinajstić information content (AvgIpc) is 2.79. The zero-order chi connectivity index (χ0) is 22.7. The van der Waals surface area contributed by atoms with Gasteiger partial charge in [-0.25, -0.2) is 0 Å². The van der Waals surface area contributed by atoms with E-state index < -0.39 is 0 Å². The van der Waals surface area contributed by atoms with Crippen LogP contribution in [0.25, 0.3) is 0 Å². The minimum atomic E-state index is 0.756. The molecule has 0 spiro atoms. The Kier molecular flexibility index (Phi) is 27.5. The van der Waals surface area contributed by atoms with Crippen LogP contribution >= 0.6 is 0 Å². The molecule has 31 heavy (non-hydrogen) atoms. The molecule has 1 heteroatoms. The van der Waals surface area contributed by atoms with E-state index in [1.807, 2.05) is 0 Å². The van der Waals surface area contributed by atoms with Crippen molar-refractivity contribution in [1.29, 1.82) is 0 Å². The van der Waals surface area contributed by atoms with Gasteiger partial charge in [0.15, 0.2) is 0 Å². The van der Waals surface area contributed by atoms with Gasteiger partial charge in [0.1, 0.15) is 0 Å². The molecule has 1 atom stereocenters. The Balaban J connectivity index is 3.30. The quantitative estimate of drug-likeness (QED) is 0.105. The molecule has 0 saturated heterocycles. The number of allylic oxidation sites excluding steroid dienone is 2. The molecule has 0 heterocycles. The first kappa shape index (κ1) is 30.7. The molecule has 1 unspecified atom stereocenters. The van der Waals surface area contributed by atoms with E-state index in [2.05, 4.69) is 38.4 Å². The minimum absolute atomic E-state index is 0.756. The maximum absolute atomic E-state index is 3.56. The maximum atomic E-state index is 3.56. The standard InChI is InChI=1S/C30H61N/c1-4-6-8-10-12-13-14-15-16-17-18-19-20-21-23-25-27-29-30(31-3)28-26-24-22-11-9-7-5-2/h18-19,30-31H,4-17,20-29H2,1-3H3. The van der Waals surface area contributed by atoms with Gasteiger partial charge in [-0.15, -0.1) is 0 Å². The molecule has 186 valence electrons. The normalized spacial score (nSPS) is 12.7. The number of nitrogens with one attached hydrogen (secondary N) is 1. The Morgan fingerprint density at radius 2 is 0.774 bits per heavy atom. The van der Waals surface area contributed by atoms with E-state index in [9.17, 15) is 0 Å². The monoisotopic (exact) mass is 435 g/mol. The highest BCUT2D eigenvalue weighted by atomic mass is 14.9. The van der Waals surface area contributed by atoms with E-state index >= 15 is 0 Å². The van der Waals surface area contributed by atoms with Crippen molar-refractivity contribution in [2.75, 3.05) is 7.05 Å². The van der Waals surface area contributed by atoms with Gasteiger partial charge in [-0.1, -0.05) is 142 Å². The summed E-state index contributed by atoms with van der Waals surface area (Å²) in [7, 11) is 2.16. The molecule has 0 aromatic carbocycles. The van der Waals surface area contributed by atoms with Crippen molar-refractivity contribution in [3.63, 3.8) is 0 Å². The van der Waals surface area contributed by atoms with Crippen LogP contribution < -0.4 is 5.32 Å². The van der Waals surface area contributed by atoms with Crippen LogP contribution in [0.5, 0.6) is 0 Å². The van der Waals surface area contributed by atoms with Crippen molar-refractivity contribution >= 4 is 0 Å². The third-order valence-corrected chi connectivity index (χ3v) is 6.88. The molecule has 0 aliphatic heterocycles. The van der Waals surface area contributed by atoms with E-state index in [4.69, 9.17) is 0 Å². The van der Waals surface area contributed by atoms with Gasteiger partial charge in [-0.2, -0.15) is 0 Å². The van der Waals surface area contributed by atoms with Crippen LogP contribution in [0.1, 0.15) is 168 Å². The molecule has 0 aromatic rings. The lowest BCUT2D eigenvalue weighted by Gasteiger charge is -2.15. The summed E-state index contributed by atoms with van der Waals surface area (Å²) in [6.45, 7) is 4.60. The third-order valence-electron chi connectivity index (χ3n) is 6.88. The number of rotatable bonds is 26. The fourth-order valence-corrected chi connectivity index (χ4v) is 4.60. The zero-order valence-electron chi connectivity index (χ0n) is 22.2. The third kappa shape index (κ3) is 25.8. The molecule has 1 nitrogen and oxygen atoms in total. The van der Waals surface area contributed by atoms with E-state index in [1.54, 1.807) is 0 Å². The topological polar surface area (TPSA) is 12.0 Å². The fourth-order valence-electron chi connectivity index (χ4n) is 4.60. The summed E-state index contributed by atoms with van der Waals surface area (Å²) in [6.07, 6.45) is 38.8. The lowest BCUT2D eigenvalue weighted by Crippen LogP contribution is -2.24. The van der Waals surface area contributed by atoms with Crippen molar-refractivity contribution in [2.45, 2.75) is 174 Å². The molecular weight excluding hydrogens is 374 g/mol. The van der Waals surface area contributed by atoms with Crippen molar-refractivity contribution in [2.24, 2.45) is 0 Å². The summed E-state index contributed by atoms with van der Waals surface area (Å²) < 4.78 is 0. The molecule has 0 aliphatic carbocycles. The highest BCUT2D eigenvalue weighted by Crippen LogP contribution is 2.15. The lowest BCUT2D eigenvalue weighted by molar-refractivity contribution is 0.437. The van der Waals surface area contributed by atoms with Crippen molar-refractivity contribution in [1.82, 2.24) is 5.32 Å². The highest BCUT2D eigenvalue weighted by molar-refractivity contribution is 4.81. The summed E-state index contributed by atoms with van der Waals surface area (Å²) in [6, 6.07) is 0.756. The highest BCUT2D eigenvalue weighted by Gasteiger charge is 2.05. The summed E-state index contributed by atoms with van der Waals surface area (Å²) in [5.41, 5.74) is 0. The van der Waals surface area contributed by atoms with Crippen LogP contribution in [0.2, 0.25) is 0 Å². The second-order valence-electron chi connectivity index (χ2n) is 9.98. The molecule has 0 bridgehead atoms. The lowest BCUT2D eigenvalue weighted by atomic mass is 10.00. The molecule has 0 rings (SSSR count). The zero-order valence-corrected chi connectivity index (χ0v) is 22.2. The number of hydrogen-bond donors (Lipinski definition) is 1. The molecule has 0 aromatic heterocycles. The first-order valence-corrected chi connectivity index (χ1v) is 14.7. The smallest absolute Gasteiger partial charge is 0.00640 e. The van der Waals surface area contributed by atoms with Crippen LogP contribution in [-0.4, -0.2) is 13.1 Å². The van der Waals surface area contributed by atoms with Gasteiger partial charge in [0.05, 0.1) is 0 Å². The average molecular weight is 436 g/mol. The predicted octanol–water partition coefficient (Wildman–Crippen LogP) is 10.5. The Morgan fingerprint density at radius 1 is 0.452 bits per heavy atom. The van der Waals surface area contributed by atoms with Crippen LogP contribution in [0.4, 0.5) is 0 Å². The first-order chi connectivity index (χ1) is 15.3. The van der Waals surface area contributed by atoms with Crippen molar-refractivity contribution in [3.8, 4) is 0 Å². The second-order valence-corrected chi connectivity index (χ2v) is 9.98. The largest absolute Gasteiger partial charge is 0.317 e. The van der Waals surface area contributed by atoms with E-state index in [1.165, 1.54) is 154 Å². The Hall–Kier alpha value is -0.300. The van der Waals surface area contributed by atoms with Gasteiger partial charge in [0, 0.05) is 6.04 Å².